The summed E-state index contributed by atoms with van der Waals surface area (Å²) in [7, 11) is 0. The van der Waals surface area contributed by atoms with E-state index in [2.05, 4.69) is 47.2 Å². The van der Waals surface area contributed by atoms with Crippen molar-refractivity contribution in [3.05, 3.63) is 75.8 Å². The second-order valence-electron chi connectivity index (χ2n) is 8.30. The Labute approximate surface area is 198 Å². The number of aromatic nitrogens is 1. The van der Waals surface area contributed by atoms with E-state index in [0.29, 0.717) is 11.6 Å². The van der Waals surface area contributed by atoms with Crippen molar-refractivity contribution in [2.45, 2.75) is 45.6 Å². The Morgan fingerprint density at radius 2 is 1.81 bits per heavy atom. The van der Waals surface area contributed by atoms with Gasteiger partial charge in [-0.1, -0.05) is 54.1 Å². The first-order chi connectivity index (χ1) is 15.5. The standard InChI is InChI=1S/C25H28ClN3O2S/c1-17-13-29(14-18(2)31-17)15-20-8-4-3-7-19(20)12-27-24(30)11-21-16-32-25(28-21)22-9-5-6-10-23(22)26/h3-10,16-18H,11-15H2,1-2H3,(H,27,30). The van der Waals surface area contributed by atoms with E-state index in [1.807, 2.05) is 35.7 Å². The Hall–Kier alpha value is -2.25. The molecule has 7 heteroatoms. The molecule has 0 spiro atoms. The largest absolute Gasteiger partial charge is 0.373 e. The Bertz CT molecular complexity index is 1060. The van der Waals surface area contributed by atoms with Gasteiger partial charge in [-0.25, -0.2) is 4.98 Å². The molecule has 2 atom stereocenters. The number of nitrogens with zero attached hydrogens (tertiary/aromatic N) is 2. The van der Waals surface area contributed by atoms with E-state index in [-0.39, 0.29) is 24.5 Å². The zero-order valence-corrected chi connectivity index (χ0v) is 20.0. The van der Waals surface area contributed by atoms with Crippen LogP contribution in [0.2, 0.25) is 5.02 Å². The third-order valence-electron chi connectivity index (χ3n) is 5.48. The number of ether oxygens (including phenoxy) is 1. The second kappa shape index (κ2) is 10.6. The number of benzene rings is 2. The maximum absolute atomic E-state index is 12.6. The van der Waals surface area contributed by atoms with Crippen LogP contribution in [0, 0.1) is 0 Å². The number of carbonyl (C=O) groups excluding carboxylic acids is 1. The summed E-state index contributed by atoms with van der Waals surface area (Å²) in [6, 6.07) is 15.9. The van der Waals surface area contributed by atoms with Gasteiger partial charge in [0.05, 0.1) is 29.3 Å². The van der Waals surface area contributed by atoms with Crippen LogP contribution in [-0.2, 0) is 29.0 Å². The van der Waals surface area contributed by atoms with E-state index >= 15 is 0 Å². The SMILES string of the molecule is CC1CN(Cc2ccccc2CNC(=O)Cc2csc(-c3ccccc3Cl)n2)CC(C)O1. The Kier molecular flexibility index (Phi) is 7.58. The highest BCUT2D eigenvalue weighted by atomic mass is 35.5. The molecule has 0 saturated carbocycles. The van der Waals surface area contributed by atoms with Crippen LogP contribution in [0.25, 0.3) is 10.6 Å². The maximum Gasteiger partial charge on any atom is 0.226 e. The number of thiazole rings is 1. The quantitative estimate of drug-likeness (QED) is 0.533. The van der Waals surface area contributed by atoms with Gasteiger partial charge in [-0.3, -0.25) is 9.69 Å². The number of hydrogen-bond acceptors (Lipinski definition) is 5. The van der Waals surface area contributed by atoms with Crippen LogP contribution in [0.5, 0.6) is 0 Å². The van der Waals surface area contributed by atoms with Crippen LogP contribution in [0.3, 0.4) is 0 Å². The summed E-state index contributed by atoms with van der Waals surface area (Å²) in [6.07, 6.45) is 0.723. The summed E-state index contributed by atoms with van der Waals surface area (Å²) >= 11 is 7.77. The zero-order valence-electron chi connectivity index (χ0n) is 18.4. The molecule has 1 N–H and O–H groups in total. The lowest BCUT2D eigenvalue weighted by atomic mass is 10.1. The van der Waals surface area contributed by atoms with E-state index in [1.54, 1.807) is 0 Å². The fourth-order valence-electron chi connectivity index (χ4n) is 4.11. The van der Waals surface area contributed by atoms with Crippen molar-refractivity contribution in [1.29, 1.82) is 0 Å². The van der Waals surface area contributed by atoms with Crippen LogP contribution >= 0.6 is 22.9 Å². The van der Waals surface area contributed by atoms with Crippen LogP contribution < -0.4 is 5.32 Å². The van der Waals surface area contributed by atoms with Crippen molar-refractivity contribution in [2.24, 2.45) is 0 Å². The number of nitrogens with one attached hydrogen (secondary N) is 1. The normalized spacial score (nSPS) is 19.1. The van der Waals surface area contributed by atoms with Crippen molar-refractivity contribution in [3.8, 4) is 10.6 Å². The minimum absolute atomic E-state index is 0.0376. The van der Waals surface area contributed by atoms with E-state index in [4.69, 9.17) is 16.3 Å². The summed E-state index contributed by atoms with van der Waals surface area (Å²) in [4.78, 5) is 19.6. The Balaban J connectivity index is 1.34. The molecule has 1 fully saturated rings. The molecule has 168 valence electrons. The van der Waals surface area contributed by atoms with Gasteiger partial charge in [0.15, 0.2) is 0 Å². The van der Waals surface area contributed by atoms with Gasteiger partial charge in [-0.2, -0.15) is 0 Å². The van der Waals surface area contributed by atoms with Crippen LogP contribution in [-0.4, -0.2) is 41.1 Å². The lowest BCUT2D eigenvalue weighted by Crippen LogP contribution is -2.45. The Morgan fingerprint density at radius 3 is 2.56 bits per heavy atom. The molecule has 5 nitrogen and oxygen atoms in total. The van der Waals surface area contributed by atoms with E-state index in [1.165, 1.54) is 16.9 Å². The van der Waals surface area contributed by atoms with Gasteiger partial charge in [0, 0.05) is 37.1 Å². The Morgan fingerprint density at radius 1 is 1.12 bits per heavy atom. The average molecular weight is 470 g/mol. The monoisotopic (exact) mass is 469 g/mol. The van der Waals surface area contributed by atoms with Crippen LogP contribution in [0.4, 0.5) is 0 Å². The molecule has 32 heavy (non-hydrogen) atoms. The van der Waals surface area contributed by atoms with Gasteiger partial charge in [0.25, 0.3) is 0 Å². The number of carbonyl (C=O) groups is 1. The van der Waals surface area contributed by atoms with E-state index < -0.39 is 0 Å². The number of morpholine rings is 1. The number of amides is 1. The summed E-state index contributed by atoms with van der Waals surface area (Å²) in [5.41, 5.74) is 4.03. The predicted octanol–water partition coefficient (Wildman–Crippen LogP) is 4.93. The van der Waals surface area contributed by atoms with Gasteiger partial charge in [0.2, 0.25) is 5.91 Å². The molecule has 2 heterocycles. The van der Waals surface area contributed by atoms with Gasteiger partial charge < -0.3 is 10.1 Å². The first-order valence-electron chi connectivity index (χ1n) is 10.9. The van der Waals surface area contributed by atoms with E-state index in [0.717, 1.165) is 41.5 Å². The summed E-state index contributed by atoms with van der Waals surface area (Å²) in [5, 5.41) is 6.48. The molecular weight excluding hydrogens is 442 g/mol. The van der Waals surface area contributed by atoms with Gasteiger partial charge in [-0.15, -0.1) is 11.3 Å². The molecule has 2 unspecified atom stereocenters. The molecule has 2 aromatic carbocycles. The number of rotatable bonds is 7. The van der Waals surface area contributed by atoms with Gasteiger partial charge >= 0.3 is 0 Å². The minimum atomic E-state index is -0.0376. The molecule has 1 amide bonds. The molecule has 4 rings (SSSR count). The average Bonchev–Trinajstić information content (AvgIpc) is 3.21. The first kappa shape index (κ1) is 22.9. The summed E-state index contributed by atoms with van der Waals surface area (Å²) in [5.74, 6) is -0.0376. The second-order valence-corrected chi connectivity index (χ2v) is 9.56. The number of hydrogen-bond donors (Lipinski definition) is 1. The van der Waals surface area contributed by atoms with Crippen molar-refractivity contribution in [3.63, 3.8) is 0 Å². The molecule has 0 aliphatic carbocycles. The highest BCUT2D eigenvalue weighted by Gasteiger charge is 2.22. The summed E-state index contributed by atoms with van der Waals surface area (Å²) < 4.78 is 5.85. The molecule has 1 aliphatic heterocycles. The zero-order chi connectivity index (χ0) is 22.5. The lowest BCUT2D eigenvalue weighted by molar-refractivity contribution is -0.120. The summed E-state index contributed by atoms with van der Waals surface area (Å²) in [6.45, 7) is 7.43. The molecular formula is C25H28ClN3O2S. The van der Waals surface area contributed by atoms with Gasteiger partial charge in [0.1, 0.15) is 5.01 Å². The molecule has 1 aliphatic rings. The number of halogens is 1. The van der Waals surface area contributed by atoms with Gasteiger partial charge in [-0.05, 0) is 31.0 Å². The molecule has 3 aromatic rings. The smallest absolute Gasteiger partial charge is 0.226 e. The molecule has 0 bridgehead atoms. The highest BCUT2D eigenvalue weighted by Crippen LogP contribution is 2.30. The molecule has 1 aromatic heterocycles. The van der Waals surface area contributed by atoms with Crippen molar-refractivity contribution < 1.29 is 9.53 Å². The fourth-order valence-corrected chi connectivity index (χ4v) is 5.25. The predicted molar refractivity (Wildman–Crippen MR) is 130 cm³/mol. The lowest BCUT2D eigenvalue weighted by Gasteiger charge is -2.35. The van der Waals surface area contributed by atoms with Crippen LogP contribution in [0.15, 0.2) is 53.9 Å². The third kappa shape index (κ3) is 5.95. The molecule has 1 saturated heterocycles. The highest BCUT2D eigenvalue weighted by molar-refractivity contribution is 7.13. The van der Waals surface area contributed by atoms with E-state index in [9.17, 15) is 4.79 Å². The maximum atomic E-state index is 12.6. The van der Waals surface area contributed by atoms with Crippen LogP contribution in [0.1, 0.15) is 30.7 Å². The molecule has 0 radical (unpaired) electrons. The minimum Gasteiger partial charge on any atom is -0.373 e. The van der Waals surface area contributed by atoms with Crippen molar-refractivity contribution in [2.75, 3.05) is 13.1 Å². The fraction of sp³-hybridized carbons (Fsp3) is 0.360. The first-order valence-corrected chi connectivity index (χ1v) is 12.1. The van der Waals surface area contributed by atoms with Crippen molar-refractivity contribution >= 4 is 28.8 Å². The topological polar surface area (TPSA) is 54.5 Å². The van der Waals surface area contributed by atoms with Crippen molar-refractivity contribution in [1.82, 2.24) is 15.2 Å². The third-order valence-corrected chi connectivity index (χ3v) is 6.74.